The Bertz CT molecular complexity index is 886. The Labute approximate surface area is 239 Å². The van der Waals surface area contributed by atoms with E-state index in [1.54, 1.807) is 0 Å². The Morgan fingerprint density at radius 2 is 1.06 bits per heavy atom. The van der Waals surface area contributed by atoms with Gasteiger partial charge in [0.2, 0.25) is 0 Å². The molecule has 2 aromatic rings. The maximum absolute atomic E-state index is 10.9. The van der Waals surface area contributed by atoms with Crippen molar-refractivity contribution in [1.29, 1.82) is 0 Å². The van der Waals surface area contributed by atoms with Gasteiger partial charge < -0.3 is 9.11 Å². The van der Waals surface area contributed by atoms with E-state index in [1.165, 1.54) is 23.5 Å². The van der Waals surface area contributed by atoms with E-state index in [-0.39, 0.29) is 75.2 Å². The predicted molar refractivity (Wildman–Crippen MR) is 122 cm³/mol. The second kappa shape index (κ2) is 16.1. The Balaban J connectivity index is 0.00000450. The first-order chi connectivity index (χ1) is 13.6. The summed E-state index contributed by atoms with van der Waals surface area (Å²) in [5.41, 5.74) is 0. The van der Waals surface area contributed by atoms with Crippen LogP contribution in [0.15, 0.2) is 60.7 Å². The van der Waals surface area contributed by atoms with E-state index in [1.807, 2.05) is 60.7 Å². The van der Waals surface area contributed by atoms with Crippen LogP contribution in [-0.4, -0.2) is 59.7 Å². The van der Waals surface area contributed by atoms with Crippen LogP contribution in [-0.2, 0) is 20.2 Å². The maximum atomic E-state index is 10.9. The van der Waals surface area contributed by atoms with Crippen LogP contribution in [0.4, 0.5) is 0 Å². The molecule has 0 saturated carbocycles. The summed E-state index contributed by atoms with van der Waals surface area (Å²) in [5, 5.41) is 2.29. The zero-order chi connectivity index (χ0) is 21.3. The summed E-state index contributed by atoms with van der Waals surface area (Å²) in [5.74, 6) is -0.715. The Morgan fingerprint density at radius 1 is 0.710 bits per heavy atom. The minimum absolute atomic E-state index is 0. The van der Waals surface area contributed by atoms with Crippen molar-refractivity contribution in [3.05, 3.63) is 60.7 Å². The number of hydrogen-bond donors (Lipinski definition) is 0. The smallest absolute Gasteiger partial charge is 0.748 e. The molecule has 0 heterocycles. The van der Waals surface area contributed by atoms with Gasteiger partial charge in [0.1, 0.15) is 0 Å². The fourth-order valence-electron chi connectivity index (χ4n) is 2.44. The van der Waals surface area contributed by atoms with E-state index in [4.69, 9.17) is 0 Å². The molecular weight excluding hydrogens is 517 g/mol. The molecule has 0 N–H and O–H groups in total. The second-order valence-electron chi connectivity index (χ2n) is 5.98. The van der Waals surface area contributed by atoms with Gasteiger partial charge in [0.15, 0.2) is 0 Å². The van der Waals surface area contributed by atoms with Gasteiger partial charge in [-0.15, -0.1) is 23.5 Å². The molecule has 160 valence electrons. The van der Waals surface area contributed by atoms with Gasteiger partial charge in [0.05, 0.1) is 24.8 Å². The van der Waals surface area contributed by atoms with Crippen molar-refractivity contribution < 1.29 is 85.1 Å². The summed E-state index contributed by atoms with van der Waals surface area (Å²) in [6, 6.07) is 19.8. The molecule has 0 saturated heterocycles. The molecule has 0 bridgehead atoms. The molecular formula is C18H21Na2O6PS4. The topological polar surface area (TPSA) is 114 Å². The van der Waals surface area contributed by atoms with E-state index in [2.05, 4.69) is 0 Å². The zero-order valence-electron chi connectivity index (χ0n) is 17.4. The summed E-state index contributed by atoms with van der Waals surface area (Å²) < 4.78 is 65.4. The van der Waals surface area contributed by atoms with Crippen LogP contribution in [0, 0.1) is 0 Å². The zero-order valence-corrected chi connectivity index (χ0v) is 25.6. The molecule has 0 fully saturated rings. The summed E-state index contributed by atoms with van der Waals surface area (Å²) in [4.78, 5) is 0. The molecule has 0 spiro atoms. The number of hydrogen-bond acceptors (Lipinski definition) is 8. The van der Waals surface area contributed by atoms with Gasteiger partial charge in [-0.2, -0.15) is 0 Å². The van der Waals surface area contributed by atoms with Gasteiger partial charge in [0.25, 0.3) is 0 Å². The molecule has 0 atom stereocenters. The van der Waals surface area contributed by atoms with Crippen molar-refractivity contribution in [1.82, 2.24) is 0 Å². The first kappa shape index (κ1) is 32.4. The number of benzene rings is 2. The third-order valence-corrected chi connectivity index (χ3v) is 11.5. The SMILES string of the molecule is O=S(=O)([O-])CCSC(CP(c1ccccc1)c1ccccc1)SCCS(=O)(=O)[O-].[Na+].[Na+]. The molecule has 0 aromatic heterocycles. The average molecular weight is 539 g/mol. The quantitative estimate of drug-likeness (QED) is 0.116. The van der Waals surface area contributed by atoms with Crippen LogP contribution < -0.4 is 69.7 Å². The summed E-state index contributed by atoms with van der Waals surface area (Å²) in [7, 11) is -9.41. The molecule has 6 nitrogen and oxygen atoms in total. The van der Waals surface area contributed by atoms with Crippen molar-refractivity contribution in [3.8, 4) is 0 Å². The standard InChI is InChI=1S/C18H23O6PS4.2Na/c19-28(20,21)13-11-26-18(27-12-14-29(22,23)24)15-25(16-7-3-1-4-8-16)17-9-5-2-6-10-17;;/h1-10,18H,11-15H2,(H,19,20,21)(H,22,23,24);;/q;2*+1/p-2. The number of thioether (sulfide) groups is 2. The molecule has 0 aliphatic carbocycles. The molecule has 0 aliphatic rings. The Morgan fingerprint density at radius 3 is 1.39 bits per heavy atom. The summed E-state index contributed by atoms with van der Waals surface area (Å²) in [6.07, 6.45) is 0.663. The summed E-state index contributed by atoms with van der Waals surface area (Å²) >= 11 is 2.64. The Hall–Kier alpha value is 1.39. The van der Waals surface area contributed by atoms with Gasteiger partial charge >= 0.3 is 59.1 Å². The van der Waals surface area contributed by atoms with Gasteiger partial charge in [-0.05, 0) is 24.7 Å². The van der Waals surface area contributed by atoms with Crippen molar-refractivity contribution in [2.24, 2.45) is 0 Å². The fraction of sp³-hybridized carbons (Fsp3) is 0.333. The van der Waals surface area contributed by atoms with E-state index in [0.29, 0.717) is 6.16 Å². The van der Waals surface area contributed by atoms with Crippen molar-refractivity contribution in [3.63, 3.8) is 0 Å². The van der Waals surface area contributed by atoms with E-state index in [9.17, 15) is 25.9 Å². The van der Waals surface area contributed by atoms with Crippen LogP contribution in [0.5, 0.6) is 0 Å². The average Bonchev–Trinajstić information content (AvgIpc) is 2.65. The van der Waals surface area contributed by atoms with Crippen molar-refractivity contribution in [2.75, 3.05) is 29.2 Å². The fourth-order valence-corrected chi connectivity index (χ4v) is 10.2. The normalized spacial score (nSPS) is 11.7. The molecule has 0 amide bonds. The maximum Gasteiger partial charge on any atom is 1.00 e. The minimum atomic E-state index is -4.32. The van der Waals surface area contributed by atoms with Crippen LogP contribution >= 0.6 is 31.4 Å². The molecule has 0 unspecified atom stereocenters. The minimum Gasteiger partial charge on any atom is -0.748 e. The second-order valence-corrected chi connectivity index (χ2v) is 14.2. The third-order valence-electron chi connectivity index (χ3n) is 3.74. The molecule has 2 aromatic carbocycles. The van der Waals surface area contributed by atoms with Gasteiger partial charge in [-0.25, -0.2) is 16.8 Å². The van der Waals surface area contributed by atoms with E-state index in [0.717, 1.165) is 10.6 Å². The third kappa shape index (κ3) is 14.4. The predicted octanol–water partition coefficient (Wildman–Crippen LogP) is -3.99. The molecule has 0 radical (unpaired) electrons. The first-order valence-corrected chi connectivity index (χ1v) is 15.4. The van der Waals surface area contributed by atoms with Gasteiger partial charge in [0, 0.05) is 23.0 Å². The van der Waals surface area contributed by atoms with Crippen LogP contribution in [0.3, 0.4) is 0 Å². The van der Waals surface area contributed by atoms with Crippen molar-refractivity contribution >= 4 is 62.3 Å². The van der Waals surface area contributed by atoms with Crippen LogP contribution in [0.25, 0.3) is 0 Å². The molecule has 31 heavy (non-hydrogen) atoms. The number of rotatable bonds is 12. The molecule has 2 rings (SSSR count). The Kier molecular flexibility index (Phi) is 16.9. The molecule has 0 aliphatic heterocycles. The van der Waals surface area contributed by atoms with Crippen LogP contribution in [0.1, 0.15) is 0 Å². The first-order valence-electron chi connectivity index (χ1n) is 8.62. The van der Waals surface area contributed by atoms with E-state index < -0.39 is 39.7 Å². The monoisotopic (exact) mass is 538 g/mol. The van der Waals surface area contributed by atoms with E-state index >= 15 is 0 Å². The van der Waals surface area contributed by atoms with Gasteiger partial charge in [-0.1, -0.05) is 60.7 Å². The van der Waals surface area contributed by atoms with Crippen molar-refractivity contribution in [2.45, 2.75) is 4.58 Å². The largest absolute Gasteiger partial charge is 1.00 e. The van der Waals surface area contributed by atoms with Gasteiger partial charge in [-0.3, -0.25) is 0 Å². The molecule has 13 heteroatoms. The van der Waals surface area contributed by atoms with Crippen LogP contribution in [0.2, 0.25) is 0 Å². The summed E-state index contributed by atoms with van der Waals surface area (Å²) in [6.45, 7) is 0.